The molecule has 1 aromatic carbocycles. The van der Waals surface area contributed by atoms with Gasteiger partial charge in [-0.2, -0.15) is 13.2 Å². The summed E-state index contributed by atoms with van der Waals surface area (Å²) in [6, 6.07) is 2.18. The molecule has 0 aliphatic heterocycles. The van der Waals surface area contributed by atoms with Crippen molar-refractivity contribution < 1.29 is 22.0 Å². The van der Waals surface area contributed by atoms with Crippen LogP contribution < -0.4 is 5.32 Å². The van der Waals surface area contributed by atoms with E-state index >= 15 is 0 Å². The molecule has 0 fully saturated rings. The fourth-order valence-electron chi connectivity index (χ4n) is 1.67. The Morgan fingerprint density at radius 3 is 2.70 bits per heavy atom. The lowest BCUT2D eigenvalue weighted by Gasteiger charge is -2.08. The average molecular weight is 288 g/mol. The predicted molar refractivity (Wildman–Crippen MR) is 64.5 cm³/mol. The average Bonchev–Trinajstić information content (AvgIpc) is 2.84. The van der Waals surface area contributed by atoms with Gasteiger partial charge in [0.05, 0.1) is 17.3 Å². The van der Waals surface area contributed by atoms with Crippen LogP contribution in [0.4, 0.5) is 17.6 Å². The minimum absolute atomic E-state index is 0.0142. The molecule has 0 amide bonds. The first-order chi connectivity index (χ1) is 9.41. The Morgan fingerprint density at radius 1 is 1.30 bits per heavy atom. The first-order valence-corrected chi connectivity index (χ1v) is 5.88. The Labute approximate surface area is 112 Å². The van der Waals surface area contributed by atoms with Gasteiger partial charge < -0.3 is 9.73 Å². The number of nitrogens with zero attached hydrogens (tertiary/aromatic N) is 1. The quantitative estimate of drug-likeness (QED) is 0.878. The summed E-state index contributed by atoms with van der Waals surface area (Å²) in [4.78, 5) is 3.91. The normalized spacial score (nSPS) is 11.8. The third-order valence-electron chi connectivity index (χ3n) is 2.70. The molecule has 7 heteroatoms. The highest BCUT2D eigenvalue weighted by Gasteiger charge is 2.31. The molecule has 0 bridgehead atoms. The Bertz CT molecular complexity index is 592. The second-order valence-corrected chi connectivity index (χ2v) is 4.16. The molecule has 0 unspecified atom stereocenters. The van der Waals surface area contributed by atoms with Crippen LogP contribution in [0.1, 0.15) is 11.5 Å². The first-order valence-electron chi connectivity index (χ1n) is 5.88. The van der Waals surface area contributed by atoms with Crippen LogP contribution >= 0.6 is 0 Å². The molecular weight excluding hydrogens is 276 g/mol. The number of oxazole rings is 1. The van der Waals surface area contributed by atoms with Crippen molar-refractivity contribution in [3.63, 3.8) is 0 Å². The monoisotopic (exact) mass is 288 g/mol. The summed E-state index contributed by atoms with van der Waals surface area (Å²) in [5.41, 5.74) is -1.18. The van der Waals surface area contributed by atoms with E-state index in [9.17, 15) is 17.6 Å². The van der Waals surface area contributed by atoms with E-state index in [0.717, 1.165) is 12.1 Å². The summed E-state index contributed by atoms with van der Waals surface area (Å²) in [6.45, 7) is 0.602. The smallest absolute Gasteiger partial charge is 0.416 e. The van der Waals surface area contributed by atoms with Gasteiger partial charge in [0.25, 0.3) is 0 Å². The van der Waals surface area contributed by atoms with Crippen LogP contribution in [0, 0.1) is 5.82 Å². The van der Waals surface area contributed by atoms with E-state index in [0.29, 0.717) is 24.9 Å². The molecular formula is C13H12F4N2O. The molecule has 1 aromatic heterocycles. The summed E-state index contributed by atoms with van der Waals surface area (Å²) >= 11 is 0. The van der Waals surface area contributed by atoms with Gasteiger partial charge in [0.15, 0.2) is 11.7 Å². The number of nitrogens with one attached hydrogen (secondary N) is 1. The van der Waals surface area contributed by atoms with Crippen molar-refractivity contribution >= 4 is 0 Å². The van der Waals surface area contributed by atoms with Crippen LogP contribution in [0.2, 0.25) is 0 Å². The third kappa shape index (κ3) is 3.16. The lowest BCUT2D eigenvalue weighted by Crippen LogP contribution is -2.10. The van der Waals surface area contributed by atoms with Crippen LogP contribution in [0.25, 0.3) is 11.3 Å². The van der Waals surface area contributed by atoms with E-state index in [-0.39, 0.29) is 11.3 Å². The molecule has 3 nitrogen and oxygen atoms in total. The predicted octanol–water partition coefficient (Wildman–Crippen LogP) is 3.26. The van der Waals surface area contributed by atoms with Crippen molar-refractivity contribution in [3.05, 3.63) is 41.7 Å². The largest absolute Gasteiger partial charge is 0.441 e. The fraction of sp³-hybridized carbons (Fsp3) is 0.308. The van der Waals surface area contributed by atoms with Crippen LogP contribution in [-0.4, -0.2) is 18.6 Å². The number of likely N-dealkylation sites (N-methyl/N-ethyl adjacent to an activating group) is 1. The molecule has 0 atom stereocenters. The van der Waals surface area contributed by atoms with E-state index in [1.807, 2.05) is 0 Å². The number of alkyl halides is 3. The third-order valence-corrected chi connectivity index (χ3v) is 2.70. The lowest BCUT2D eigenvalue weighted by molar-refractivity contribution is -0.137. The number of hydrogen-bond donors (Lipinski definition) is 1. The minimum Gasteiger partial charge on any atom is -0.441 e. The molecule has 2 aromatic rings. The van der Waals surface area contributed by atoms with Crippen LogP contribution in [0.3, 0.4) is 0 Å². The number of hydrogen-bond acceptors (Lipinski definition) is 3. The number of benzene rings is 1. The topological polar surface area (TPSA) is 38.1 Å². The van der Waals surface area contributed by atoms with Crippen molar-refractivity contribution in [1.29, 1.82) is 0 Å². The van der Waals surface area contributed by atoms with E-state index in [4.69, 9.17) is 4.42 Å². The molecule has 2 rings (SSSR count). The maximum Gasteiger partial charge on any atom is 0.416 e. The minimum atomic E-state index is -4.53. The van der Waals surface area contributed by atoms with E-state index < -0.39 is 17.6 Å². The molecule has 108 valence electrons. The van der Waals surface area contributed by atoms with Crippen molar-refractivity contribution in [1.82, 2.24) is 10.3 Å². The molecule has 1 N–H and O–H groups in total. The summed E-state index contributed by atoms with van der Waals surface area (Å²) in [5, 5.41) is 2.88. The Kier molecular flexibility index (Phi) is 4.08. The maximum atomic E-state index is 13.6. The molecule has 0 radical (unpaired) electrons. The standard InChI is InChI=1S/C13H12F4N2O/c1-18-5-4-12-19-7-11(20-12)9-6-8(13(15,16)17)2-3-10(9)14/h2-3,6-7,18H,4-5H2,1H3. The summed E-state index contributed by atoms with van der Waals surface area (Å²) in [5.74, 6) is -0.458. The van der Waals surface area contributed by atoms with Gasteiger partial charge in [0, 0.05) is 13.0 Å². The molecule has 0 aliphatic carbocycles. The SMILES string of the molecule is CNCCc1ncc(-c2cc(C(F)(F)F)ccc2F)o1. The summed E-state index contributed by atoms with van der Waals surface area (Å²) < 4.78 is 56.7. The number of halogens is 4. The van der Waals surface area contributed by atoms with E-state index in [2.05, 4.69) is 10.3 Å². The van der Waals surface area contributed by atoms with Crippen molar-refractivity contribution in [3.8, 4) is 11.3 Å². The van der Waals surface area contributed by atoms with Gasteiger partial charge in [0.2, 0.25) is 0 Å². The highest BCUT2D eigenvalue weighted by atomic mass is 19.4. The van der Waals surface area contributed by atoms with Gasteiger partial charge in [-0.25, -0.2) is 9.37 Å². The van der Waals surface area contributed by atoms with Gasteiger partial charge in [0.1, 0.15) is 5.82 Å². The van der Waals surface area contributed by atoms with Crippen molar-refractivity contribution in [2.45, 2.75) is 12.6 Å². The van der Waals surface area contributed by atoms with E-state index in [1.165, 1.54) is 6.20 Å². The Hall–Kier alpha value is -1.89. The zero-order valence-corrected chi connectivity index (χ0v) is 10.6. The lowest BCUT2D eigenvalue weighted by atomic mass is 10.1. The van der Waals surface area contributed by atoms with Crippen LogP contribution in [-0.2, 0) is 12.6 Å². The van der Waals surface area contributed by atoms with Gasteiger partial charge >= 0.3 is 6.18 Å². The molecule has 0 saturated heterocycles. The van der Waals surface area contributed by atoms with E-state index in [1.54, 1.807) is 7.05 Å². The molecule has 0 saturated carbocycles. The number of aromatic nitrogens is 1. The molecule has 0 aliphatic rings. The zero-order chi connectivity index (χ0) is 14.8. The molecule has 1 heterocycles. The van der Waals surface area contributed by atoms with Gasteiger partial charge in [-0.15, -0.1) is 0 Å². The second-order valence-electron chi connectivity index (χ2n) is 4.16. The Balaban J connectivity index is 2.34. The van der Waals surface area contributed by atoms with Gasteiger partial charge in [-0.3, -0.25) is 0 Å². The van der Waals surface area contributed by atoms with Crippen LogP contribution in [0.5, 0.6) is 0 Å². The van der Waals surface area contributed by atoms with Crippen molar-refractivity contribution in [2.75, 3.05) is 13.6 Å². The van der Waals surface area contributed by atoms with Crippen molar-refractivity contribution in [2.24, 2.45) is 0 Å². The van der Waals surface area contributed by atoms with Gasteiger partial charge in [-0.05, 0) is 25.2 Å². The fourth-order valence-corrected chi connectivity index (χ4v) is 1.67. The number of rotatable bonds is 4. The first kappa shape index (κ1) is 14.5. The van der Waals surface area contributed by atoms with Crippen LogP contribution in [0.15, 0.2) is 28.8 Å². The maximum absolute atomic E-state index is 13.6. The highest BCUT2D eigenvalue weighted by Crippen LogP contribution is 2.33. The molecule has 20 heavy (non-hydrogen) atoms. The summed E-state index contributed by atoms with van der Waals surface area (Å²) in [7, 11) is 1.75. The second kappa shape index (κ2) is 5.62. The van der Waals surface area contributed by atoms with Gasteiger partial charge in [-0.1, -0.05) is 0 Å². The highest BCUT2D eigenvalue weighted by molar-refractivity contribution is 5.58. The zero-order valence-electron chi connectivity index (χ0n) is 10.6. The Morgan fingerprint density at radius 2 is 2.05 bits per heavy atom. The summed E-state index contributed by atoms with van der Waals surface area (Å²) in [6.07, 6.45) is -2.84. The molecule has 0 spiro atoms.